The smallest absolute Gasteiger partial charge is 0.225 e. The molecule has 6 heteroatoms. The van der Waals surface area contributed by atoms with Crippen LogP contribution in [0.4, 0.5) is 5.95 Å². The van der Waals surface area contributed by atoms with E-state index < -0.39 is 0 Å². The first-order valence-corrected chi connectivity index (χ1v) is 9.13. The van der Waals surface area contributed by atoms with E-state index in [4.69, 9.17) is 4.98 Å². The van der Waals surface area contributed by atoms with Crippen LogP contribution in [0, 0.1) is 12.8 Å². The molecule has 0 bridgehead atoms. The fourth-order valence-corrected chi connectivity index (χ4v) is 3.74. The first-order valence-electron chi connectivity index (χ1n) is 9.13. The number of aryl methyl sites for hydroxylation is 1. The number of fused-ring (bicyclic) bond motifs is 1. The number of hydrogen-bond acceptors (Lipinski definition) is 5. The van der Waals surface area contributed by atoms with Crippen LogP contribution in [0.2, 0.25) is 0 Å². The summed E-state index contributed by atoms with van der Waals surface area (Å²) >= 11 is 0. The molecule has 1 aromatic carbocycles. The average Bonchev–Trinajstić information content (AvgIpc) is 3.03. The number of ketones is 1. The molecule has 0 saturated carbocycles. The Morgan fingerprint density at radius 3 is 2.92 bits per heavy atom. The van der Waals surface area contributed by atoms with Crippen molar-refractivity contribution in [1.82, 2.24) is 19.9 Å². The summed E-state index contributed by atoms with van der Waals surface area (Å²) in [6.45, 7) is 5.29. The van der Waals surface area contributed by atoms with Crippen LogP contribution in [0.25, 0.3) is 11.0 Å². The number of imidazole rings is 1. The van der Waals surface area contributed by atoms with Crippen molar-refractivity contribution < 1.29 is 4.79 Å². The molecule has 1 unspecified atom stereocenters. The maximum Gasteiger partial charge on any atom is 0.225 e. The molecule has 0 aliphatic carbocycles. The second kappa shape index (κ2) is 6.86. The van der Waals surface area contributed by atoms with E-state index in [1.54, 1.807) is 13.1 Å². The molecule has 6 nitrogen and oxygen atoms in total. The van der Waals surface area contributed by atoms with E-state index in [1.807, 2.05) is 25.1 Å². The Kier molecular flexibility index (Phi) is 4.41. The van der Waals surface area contributed by atoms with Crippen LogP contribution < -0.4 is 4.90 Å². The van der Waals surface area contributed by atoms with E-state index in [9.17, 15) is 4.79 Å². The Morgan fingerprint density at radius 1 is 1.31 bits per heavy atom. The fourth-order valence-electron chi connectivity index (χ4n) is 3.74. The lowest BCUT2D eigenvalue weighted by atomic mass is 9.95. The van der Waals surface area contributed by atoms with Gasteiger partial charge in [0.15, 0.2) is 5.78 Å². The van der Waals surface area contributed by atoms with Gasteiger partial charge in [0, 0.05) is 25.7 Å². The monoisotopic (exact) mass is 349 g/mol. The average molecular weight is 349 g/mol. The highest BCUT2D eigenvalue weighted by molar-refractivity contribution is 5.94. The molecule has 0 spiro atoms. The van der Waals surface area contributed by atoms with Crippen LogP contribution in [0.15, 0.2) is 30.5 Å². The van der Waals surface area contributed by atoms with Gasteiger partial charge in [0.1, 0.15) is 5.82 Å². The summed E-state index contributed by atoms with van der Waals surface area (Å²) in [5.41, 5.74) is 3.47. The van der Waals surface area contributed by atoms with Crippen molar-refractivity contribution in [3.63, 3.8) is 0 Å². The van der Waals surface area contributed by atoms with Crippen molar-refractivity contribution in [3.05, 3.63) is 47.5 Å². The third kappa shape index (κ3) is 3.31. The van der Waals surface area contributed by atoms with Gasteiger partial charge in [-0.05, 0) is 44.7 Å². The quantitative estimate of drug-likeness (QED) is 0.731. The van der Waals surface area contributed by atoms with Crippen LogP contribution in [-0.2, 0) is 6.42 Å². The predicted octanol–water partition coefficient (Wildman–Crippen LogP) is 3.32. The summed E-state index contributed by atoms with van der Waals surface area (Å²) < 4.78 is 0. The van der Waals surface area contributed by atoms with Gasteiger partial charge >= 0.3 is 0 Å². The fraction of sp³-hybridized carbons (Fsp3) is 0.400. The Balaban J connectivity index is 1.48. The minimum absolute atomic E-state index is 0.00968. The van der Waals surface area contributed by atoms with Crippen LogP contribution in [0.3, 0.4) is 0 Å². The number of nitrogens with zero attached hydrogens (tertiary/aromatic N) is 4. The van der Waals surface area contributed by atoms with Gasteiger partial charge in [-0.25, -0.2) is 15.0 Å². The minimum atomic E-state index is 0.00968. The molecule has 1 aliphatic rings. The third-order valence-corrected chi connectivity index (χ3v) is 5.07. The number of piperidine rings is 1. The maximum atomic E-state index is 11.6. The number of anilines is 1. The van der Waals surface area contributed by atoms with Gasteiger partial charge < -0.3 is 9.88 Å². The number of aromatic amines is 1. The predicted molar refractivity (Wildman–Crippen MR) is 102 cm³/mol. The van der Waals surface area contributed by atoms with E-state index in [-0.39, 0.29) is 5.78 Å². The van der Waals surface area contributed by atoms with Crippen molar-refractivity contribution in [2.24, 2.45) is 5.92 Å². The van der Waals surface area contributed by atoms with Crippen LogP contribution in [0.1, 0.15) is 41.6 Å². The molecule has 1 N–H and O–H groups in total. The SMILES string of the molecule is CC(=O)c1cnc(N2CCCC(Cc3nc4ccccc4[nH]3)C2)nc1C. The molecule has 4 rings (SSSR count). The number of benzene rings is 1. The normalized spacial score (nSPS) is 17.6. The minimum Gasteiger partial charge on any atom is -0.342 e. The molecule has 1 fully saturated rings. The summed E-state index contributed by atoms with van der Waals surface area (Å²) in [4.78, 5) is 30.9. The number of para-hydroxylation sites is 2. The van der Waals surface area contributed by atoms with Crippen molar-refractivity contribution in [3.8, 4) is 0 Å². The summed E-state index contributed by atoms with van der Waals surface area (Å²) in [7, 11) is 0. The van der Waals surface area contributed by atoms with Gasteiger partial charge in [0.05, 0.1) is 22.3 Å². The lowest BCUT2D eigenvalue weighted by molar-refractivity contribution is 0.101. The number of H-pyrrole nitrogens is 1. The Labute approximate surface area is 152 Å². The number of nitrogens with one attached hydrogen (secondary N) is 1. The van der Waals surface area contributed by atoms with Gasteiger partial charge in [0.25, 0.3) is 0 Å². The van der Waals surface area contributed by atoms with Gasteiger partial charge in [-0.1, -0.05) is 12.1 Å². The summed E-state index contributed by atoms with van der Waals surface area (Å²) in [5, 5.41) is 0. The Hall–Kier alpha value is -2.76. The van der Waals surface area contributed by atoms with E-state index in [0.717, 1.165) is 54.4 Å². The second-order valence-corrected chi connectivity index (χ2v) is 7.08. The van der Waals surface area contributed by atoms with Crippen molar-refractivity contribution >= 4 is 22.8 Å². The molecular weight excluding hydrogens is 326 g/mol. The molecule has 26 heavy (non-hydrogen) atoms. The van der Waals surface area contributed by atoms with E-state index in [1.165, 1.54) is 6.42 Å². The largest absolute Gasteiger partial charge is 0.342 e. The molecule has 3 heterocycles. The van der Waals surface area contributed by atoms with Gasteiger partial charge in [-0.15, -0.1) is 0 Å². The molecule has 1 aliphatic heterocycles. The highest BCUT2D eigenvalue weighted by Gasteiger charge is 2.23. The molecule has 0 radical (unpaired) electrons. The zero-order valence-electron chi connectivity index (χ0n) is 15.2. The molecule has 134 valence electrons. The van der Waals surface area contributed by atoms with Gasteiger partial charge in [-0.3, -0.25) is 4.79 Å². The zero-order chi connectivity index (χ0) is 18.1. The molecule has 1 saturated heterocycles. The van der Waals surface area contributed by atoms with Crippen molar-refractivity contribution in [2.75, 3.05) is 18.0 Å². The van der Waals surface area contributed by atoms with Crippen molar-refractivity contribution in [2.45, 2.75) is 33.1 Å². The highest BCUT2D eigenvalue weighted by atomic mass is 16.1. The molecule has 1 atom stereocenters. The van der Waals surface area contributed by atoms with Crippen molar-refractivity contribution in [1.29, 1.82) is 0 Å². The zero-order valence-corrected chi connectivity index (χ0v) is 15.2. The third-order valence-electron chi connectivity index (χ3n) is 5.07. The molecule has 0 amide bonds. The van der Waals surface area contributed by atoms with E-state index in [2.05, 4.69) is 25.9 Å². The summed E-state index contributed by atoms with van der Waals surface area (Å²) in [5.74, 6) is 2.29. The number of carbonyl (C=O) groups excluding carboxylic acids is 1. The first kappa shape index (κ1) is 16.7. The number of carbonyl (C=O) groups is 1. The van der Waals surface area contributed by atoms with E-state index >= 15 is 0 Å². The van der Waals surface area contributed by atoms with Crippen LogP contribution in [-0.4, -0.2) is 38.8 Å². The Morgan fingerprint density at radius 2 is 2.15 bits per heavy atom. The van der Waals surface area contributed by atoms with E-state index in [0.29, 0.717) is 11.5 Å². The number of hydrogen-bond donors (Lipinski definition) is 1. The molecule has 3 aromatic rings. The first-order chi connectivity index (χ1) is 12.6. The van der Waals surface area contributed by atoms with Crippen LogP contribution in [0.5, 0.6) is 0 Å². The number of Topliss-reactive ketones (excluding diaryl/α,β-unsaturated/α-hetero) is 1. The lowest BCUT2D eigenvalue weighted by Crippen LogP contribution is -2.37. The topological polar surface area (TPSA) is 74.8 Å². The molecular formula is C20H23N5O. The van der Waals surface area contributed by atoms with Gasteiger partial charge in [0.2, 0.25) is 5.95 Å². The maximum absolute atomic E-state index is 11.6. The second-order valence-electron chi connectivity index (χ2n) is 7.08. The standard InChI is InChI=1S/C20H23N5O/c1-13-16(14(2)26)11-21-20(22-13)25-9-5-6-15(12-25)10-19-23-17-7-3-4-8-18(17)24-19/h3-4,7-8,11,15H,5-6,9-10,12H2,1-2H3,(H,23,24). The summed E-state index contributed by atoms with van der Waals surface area (Å²) in [6, 6.07) is 8.14. The number of aromatic nitrogens is 4. The number of rotatable bonds is 4. The lowest BCUT2D eigenvalue weighted by Gasteiger charge is -2.32. The summed E-state index contributed by atoms with van der Waals surface area (Å²) in [6.07, 6.45) is 4.87. The van der Waals surface area contributed by atoms with Crippen LogP contribution >= 0.6 is 0 Å². The Bertz CT molecular complexity index is 915. The van der Waals surface area contributed by atoms with Gasteiger partial charge in [-0.2, -0.15) is 0 Å². The molecule has 2 aromatic heterocycles. The highest BCUT2D eigenvalue weighted by Crippen LogP contribution is 2.24.